The Labute approximate surface area is 169 Å². The van der Waals surface area contributed by atoms with E-state index in [1.54, 1.807) is 0 Å². The fourth-order valence-corrected chi connectivity index (χ4v) is 5.45. The zero-order valence-electron chi connectivity index (χ0n) is 16.1. The first-order valence-electron chi connectivity index (χ1n) is 9.76. The van der Waals surface area contributed by atoms with Gasteiger partial charge in [-0.05, 0) is 49.2 Å². The summed E-state index contributed by atoms with van der Waals surface area (Å²) >= 11 is 1.87. The maximum Gasteiger partial charge on any atom is 0.160 e. The Morgan fingerprint density at radius 3 is 2.79 bits per heavy atom. The standard InChI is InChI=1S/C22H23N5S/c1-3-16-14-28-22-25-20(17-7-4-5-11-23-17)21(27(16)22)18-8-6-12-26(18)19-10-9-15(2)13-24-19/h4-13,16,20-21H,3,14H2,1-2H3/t16-,20+,21+/m0/s1. The summed E-state index contributed by atoms with van der Waals surface area (Å²) in [7, 11) is 0. The summed E-state index contributed by atoms with van der Waals surface area (Å²) in [6.45, 7) is 4.33. The molecule has 5 heterocycles. The summed E-state index contributed by atoms with van der Waals surface area (Å²) in [5.74, 6) is 2.04. The molecule has 0 radical (unpaired) electrons. The van der Waals surface area contributed by atoms with Crippen molar-refractivity contribution in [3.8, 4) is 5.82 Å². The lowest BCUT2D eigenvalue weighted by Crippen LogP contribution is -2.36. The summed E-state index contributed by atoms with van der Waals surface area (Å²) in [5.41, 5.74) is 3.40. The molecule has 6 heteroatoms. The van der Waals surface area contributed by atoms with Crippen LogP contribution < -0.4 is 0 Å². The van der Waals surface area contributed by atoms with Crippen LogP contribution in [0.1, 0.15) is 42.4 Å². The molecular formula is C22H23N5S. The third-order valence-corrected chi connectivity index (χ3v) is 6.68. The van der Waals surface area contributed by atoms with E-state index in [4.69, 9.17) is 4.99 Å². The Bertz CT molecular complexity index is 995. The molecule has 0 unspecified atom stereocenters. The number of aryl methyl sites for hydroxylation is 1. The van der Waals surface area contributed by atoms with Gasteiger partial charge in [0.1, 0.15) is 17.9 Å². The molecule has 0 aliphatic carbocycles. The number of amidine groups is 1. The first-order valence-corrected chi connectivity index (χ1v) is 10.7. The monoisotopic (exact) mass is 389 g/mol. The average Bonchev–Trinajstić information content (AvgIpc) is 3.44. The van der Waals surface area contributed by atoms with E-state index in [0.29, 0.717) is 6.04 Å². The van der Waals surface area contributed by atoms with Crippen LogP contribution in [0.2, 0.25) is 0 Å². The molecule has 1 fully saturated rings. The van der Waals surface area contributed by atoms with Crippen molar-refractivity contribution in [2.45, 2.75) is 38.4 Å². The van der Waals surface area contributed by atoms with Crippen LogP contribution in [-0.2, 0) is 0 Å². The van der Waals surface area contributed by atoms with E-state index in [1.807, 2.05) is 36.3 Å². The maximum atomic E-state index is 5.11. The van der Waals surface area contributed by atoms with Crippen molar-refractivity contribution >= 4 is 16.9 Å². The number of nitrogens with zero attached hydrogens (tertiary/aromatic N) is 5. The molecule has 2 aliphatic heterocycles. The van der Waals surface area contributed by atoms with Gasteiger partial charge in [0.05, 0.1) is 5.69 Å². The van der Waals surface area contributed by atoms with Crippen molar-refractivity contribution in [2.24, 2.45) is 4.99 Å². The molecule has 28 heavy (non-hydrogen) atoms. The van der Waals surface area contributed by atoms with Crippen molar-refractivity contribution in [2.75, 3.05) is 5.75 Å². The van der Waals surface area contributed by atoms with E-state index < -0.39 is 0 Å². The van der Waals surface area contributed by atoms with Gasteiger partial charge in [0.25, 0.3) is 0 Å². The molecule has 1 saturated heterocycles. The van der Waals surface area contributed by atoms with Crippen molar-refractivity contribution in [1.29, 1.82) is 0 Å². The van der Waals surface area contributed by atoms with E-state index in [2.05, 4.69) is 69.8 Å². The van der Waals surface area contributed by atoms with Crippen molar-refractivity contribution in [1.82, 2.24) is 19.4 Å². The molecular weight excluding hydrogens is 366 g/mol. The zero-order valence-corrected chi connectivity index (χ0v) is 16.9. The second-order valence-corrected chi connectivity index (χ2v) is 8.32. The fraction of sp³-hybridized carbons (Fsp3) is 0.318. The summed E-state index contributed by atoms with van der Waals surface area (Å²) in [5, 5.41) is 1.15. The first kappa shape index (κ1) is 17.5. The molecule has 0 spiro atoms. The van der Waals surface area contributed by atoms with Gasteiger partial charge in [0, 0.05) is 36.1 Å². The van der Waals surface area contributed by atoms with E-state index in [9.17, 15) is 0 Å². The summed E-state index contributed by atoms with van der Waals surface area (Å²) in [6, 6.07) is 15.2. The van der Waals surface area contributed by atoms with Gasteiger partial charge in [-0.15, -0.1) is 0 Å². The Morgan fingerprint density at radius 2 is 2.04 bits per heavy atom. The van der Waals surface area contributed by atoms with Crippen LogP contribution in [0, 0.1) is 6.92 Å². The number of hydrogen-bond acceptors (Lipinski definition) is 5. The molecule has 0 saturated carbocycles. The molecule has 0 aromatic carbocycles. The highest BCUT2D eigenvalue weighted by molar-refractivity contribution is 8.14. The summed E-state index contributed by atoms with van der Waals surface area (Å²) in [4.78, 5) is 16.9. The van der Waals surface area contributed by atoms with Gasteiger partial charge in [-0.25, -0.2) is 4.98 Å². The SMILES string of the molecule is CC[C@H]1CSC2=N[C@H](c3ccccn3)[C@@H](c3cccn3-c3ccc(C)cn3)N21. The molecule has 2 aliphatic rings. The molecule has 3 aromatic rings. The Kier molecular flexibility index (Phi) is 4.43. The van der Waals surface area contributed by atoms with Crippen LogP contribution in [0.5, 0.6) is 0 Å². The topological polar surface area (TPSA) is 46.3 Å². The Balaban J connectivity index is 1.62. The normalized spacial score (nSPS) is 23.7. The molecule has 0 N–H and O–H groups in total. The second-order valence-electron chi connectivity index (χ2n) is 7.33. The molecule has 5 nitrogen and oxygen atoms in total. The number of pyridine rings is 2. The van der Waals surface area contributed by atoms with Gasteiger partial charge in [-0.3, -0.25) is 9.98 Å². The lowest BCUT2D eigenvalue weighted by molar-refractivity contribution is 0.248. The smallest absolute Gasteiger partial charge is 0.160 e. The van der Waals surface area contributed by atoms with Gasteiger partial charge in [-0.1, -0.05) is 30.8 Å². The third-order valence-electron chi connectivity index (χ3n) is 5.56. The average molecular weight is 390 g/mol. The number of fused-ring (bicyclic) bond motifs is 1. The van der Waals surface area contributed by atoms with Crippen LogP contribution in [-0.4, -0.2) is 36.4 Å². The molecule has 3 aromatic heterocycles. The Hall–Kier alpha value is -2.60. The number of rotatable bonds is 4. The van der Waals surface area contributed by atoms with Crippen LogP contribution in [0.15, 0.2) is 66.0 Å². The molecule has 142 valence electrons. The lowest BCUT2D eigenvalue weighted by Gasteiger charge is -2.32. The second kappa shape index (κ2) is 7.09. The van der Waals surface area contributed by atoms with Gasteiger partial charge >= 0.3 is 0 Å². The highest BCUT2D eigenvalue weighted by atomic mass is 32.2. The van der Waals surface area contributed by atoms with Gasteiger partial charge < -0.3 is 9.47 Å². The van der Waals surface area contributed by atoms with E-state index in [1.165, 1.54) is 5.69 Å². The van der Waals surface area contributed by atoms with Crippen LogP contribution in [0.4, 0.5) is 0 Å². The highest BCUT2D eigenvalue weighted by Crippen LogP contribution is 2.48. The minimum Gasteiger partial charge on any atom is -0.337 e. The number of aromatic nitrogens is 3. The van der Waals surface area contributed by atoms with Crippen LogP contribution in [0.25, 0.3) is 5.82 Å². The summed E-state index contributed by atoms with van der Waals surface area (Å²) < 4.78 is 2.20. The lowest BCUT2D eigenvalue weighted by atomic mass is 9.99. The third kappa shape index (κ3) is 2.83. The predicted octanol–water partition coefficient (Wildman–Crippen LogP) is 4.56. The molecule has 5 rings (SSSR count). The minimum absolute atomic E-state index is 0.00264. The largest absolute Gasteiger partial charge is 0.337 e. The summed E-state index contributed by atoms with van der Waals surface area (Å²) in [6.07, 6.45) is 7.00. The number of thioether (sulfide) groups is 1. The Morgan fingerprint density at radius 1 is 1.11 bits per heavy atom. The molecule has 3 atom stereocenters. The van der Waals surface area contributed by atoms with E-state index in [0.717, 1.165) is 34.4 Å². The maximum absolute atomic E-state index is 5.11. The number of hydrogen-bond donors (Lipinski definition) is 0. The highest BCUT2D eigenvalue weighted by Gasteiger charge is 2.46. The predicted molar refractivity (Wildman–Crippen MR) is 114 cm³/mol. The van der Waals surface area contributed by atoms with Gasteiger partial charge in [0.15, 0.2) is 5.17 Å². The van der Waals surface area contributed by atoms with Crippen LogP contribution in [0.3, 0.4) is 0 Å². The number of aliphatic imine (C=N–C) groups is 1. The fourth-order valence-electron chi connectivity index (χ4n) is 4.12. The van der Waals surface area contributed by atoms with Crippen molar-refractivity contribution in [3.05, 3.63) is 78.0 Å². The van der Waals surface area contributed by atoms with Crippen LogP contribution >= 0.6 is 11.8 Å². The van der Waals surface area contributed by atoms with Gasteiger partial charge in [-0.2, -0.15) is 0 Å². The first-order chi connectivity index (χ1) is 13.8. The molecule has 0 bridgehead atoms. The van der Waals surface area contributed by atoms with Crippen molar-refractivity contribution < 1.29 is 0 Å². The van der Waals surface area contributed by atoms with E-state index in [-0.39, 0.29) is 12.1 Å². The van der Waals surface area contributed by atoms with E-state index >= 15 is 0 Å². The molecule has 0 amide bonds. The minimum atomic E-state index is -0.00264. The zero-order chi connectivity index (χ0) is 19.1. The quantitative estimate of drug-likeness (QED) is 0.656. The van der Waals surface area contributed by atoms with Gasteiger partial charge in [0.2, 0.25) is 0 Å². The van der Waals surface area contributed by atoms with Crippen molar-refractivity contribution in [3.63, 3.8) is 0 Å².